The zero-order chi connectivity index (χ0) is 12.5. The van der Waals surface area contributed by atoms with Gasteiger partial charge in [0.25, 0.3) is 0 Å². The SMILES string of the molecule is C[C@H](c1cc2c(cc1Br)OCO2)N1CCNCC1.Cl.Cl. The van der Waals surface area contributed by atoms with Crippen LogP contribution in [0.3, 0.4) is 0 Å². The molecule has 20 heavy (non-hydrogen) atoms. The molecule has 1 saturated heterocycles. The van der Waals surface area contributed by atoms with Crippen LogP contribution in [-0.2, 0) is 0 Å². The molecule has 2 aliphatic rings. The number of halogens is 3. The minimum absolute atomic E-state index is 0. The molecule has 1 aromatic rings. The van der Waals surface area contributed by atoms with Crippen LogP contribution < -0.4 is 14.8 Å². The van der Waals surface area contributed by atoms with E-state index in [2.05, 4.69) is 39.1 Å². The van der Waals surface area contributed by atoms with Gasteiger partial charge in [0.05, 0.1) is 0 Å². The molecule has 2 aliphatic heterocycles. The molecule has 0 unspecified atom stereocenters. The van der Waals surface area contributed by atoms with Crippen LogP contribution in [0.1, 0.15) is 18.5 Å². The van der Waals surface area contributed by atoms with E-state index in [-0.39, 0.29) is 24.8 Å². The third kappa shape index (κ3) is 3.52. The van der Waals surface area contributed by atoms with Crippen molar-refractivity contribution >= 4 is 40.7 Å². The third-order valence-electron chi connectivity index (χ3n) is 3.64. The van der Waals surface area contributed by atoms with Gasteiger partial charge in [-0.25, -0.2) is 0 Å². The smallest absolute Gasteiger partial charge is 0.231 e. The number of piperazine rings is 1. The lowest BCUT2D eigenvalue weighted by Gasteiger charge is -2.33. The summed E-state index contributed by atoms with van der Waals surface area (Å²) in [6, 6.07) is 4.49. The highest BCUT2D eigenvalue weighted by molar-refractivity contribution is 9.10. The van der Waals surface area contributed by atoms with Crippen LogP contribution in [0.2, 0.25) is 0 Å². The Balaban J connectivity index is 0.000001000. The molecule has 114 valence electrons. The average molecular weight is 386 g/mol. The Kier molecular flexibility index (Phi) is 6.88. The molecule has 0 bridgehead atoms. The summed E-state index contributed by atoms with van der Waals surface area (Å²) in [5.74, 6) is 1.69. The summed E-state index contributed by atoms with van der Waals surface area (Å²) in [5, 5.41) is 3.38. The number of hydrogen-bond donors (Lipinski definition) is 1. The molecular weight excluding hydrogens is 367 g/mol. The first-order chi connectivity index (χ1) is 8.75. The molecule has 1 atom stereocenters. The van der Waals surface area contributed by atoms with Crippen LogP contribution in [0, 0.1) is 0 Å². The number of benzene rings is 1. The highest BCUT2D eigenvalue weighted by Gasteiger charge is 2.23. The molecule has 0 spiro atoms. The second kappa shape index (κ2) is 7.71. The van der Waals surface area contributed by atoms with Crippen LogP contribution >= 0.6 is 40.7 Å². The van der Waals surface area contributed by atoms with Gasteiger partial charge in [-0.3, -0.25) is 4.90 Å². The largest absolute Gasteiger partial charge is 0.454 e. The summed E-state index contributed by atoms with van der Waals surface area (Å²) in [6.45, 7) is 6.87. The maximum atomic E-state index is 5.46. The lowest BCUT2D eigenvalue weighted by molar-refractivity contribution is 0.173. The Bertz CT molecular complexity index is 456. The van der Waals surface area contributed by atoms with Gasteiger partial charge in [-0.1, -0.05) is 15.9 Å². The predicted molar refractivity (Wildman–Crippen MR) is 87.6 cm³/mol. The second-order valence-corrected chi connectivity index (χ2v) is 5.54. The Morgan fingerprint density at radius 2 is 1.75 bits per heavy atom. The van der Waals surface area contributed by atoms with Gasteiger partial charge in [-0.15, -0.1) is 24.8 Å². The number of hydrogen-bond acceptors (Lipinski definition) is 4. The first-order valence-electron chi connectivity index (χ1n) is 6.29. The fourth-order valence-electron chi connectivity index (χ4n) is 2.52. The maximum absolute atomic E-state index is 5.46. The first-order valence-corrected chi connectivity index (χ1v) is 7.09. The van der Waals surface area contributed by atoms with Crippen molar-refractivity contribution in [2.75, 3.05) is 33.0 Å². The highest BCUT2D eigenvalue weighted by atomic mass is 79.9. The lowest BCUT2D eigenvalue weighted by Crippen LogP contribution is -2.44. The average Bonchev–Trinajstić information content (AvgIpc) is 2.85. The molecule has 2 heterocycles. The van der Waals surface area contributed by atoms with Crippen LogP contribution in [0.4, 0.5) is 0 Å². The van der Waals surface area contributed by atoms with Crippen molar-refractivity contribution in [2.45, 2.75) is 13.0 Å². The Morgan fingerprint density at radius 3 is 2.40 bits per heavy atom. The monoisotopic (exact) mass is 384 g/mol. The van der Waals surface area contributed by atoms with Crippen molar-refractivity contribution < 1.29 is 9.47 Å². The number of rotatable bonds is 2. The summed E-state index contributed by atoms with van der Waals surface area (Å²) >= 11 is 3.64. The van der Waals surface area contributed by atoms with E-state index >= 15 is 0 Å². The maximum Gasteiger partial charge on any atom is 0.231 e. The number of fused-ring (bicyclic) bond motifs is 1. The van der Waals surface area contributed by atoms with Gasteiger partial charge in [0.2, 0.25) is 6.79 Å². The van der Waals surface area contributed by atoms with Gasteiger partial charge in [-0.05, 0) is 24.6 Å². The molecule has 0 saturated carbocycles. The fraction of sp³-hybridized carbons (Fsp3) is 0.538. The minimum atomic E-state index is 0. The lowest BCUT2D eigenvalue weighted by atomic mass is 10.1. The van der Waals surface area contributed by atoms with Crippen molar-refractivity contribution in [3.63, 3.8) is 0 Å². The molecule has 0 aromatic heterocycles. The topological polar surface area (TPSA) is 33.7 Å². The molecule has 4 nitrogen and oxygen atoms in total. The molecule has 7 heteroatoms. The Hall–Kier alpha value is -0.200. The van der Waals surface area contributed by atoms with E-state index in [9.17, 15) is 0 Å². The van der Waals surface area contributed by atoms with E-state index in [1.807, 2.05) is 6.07 Å². The van der Waals surface area contributed by atoms with Gasteiger partial charge in [0.1, 0.15) is 0 Å². The minimum Gasteiger partial charge on any atom is -0.454 e. The predicted octanol–water partition coefficient (Wildman–Crippen LogP) is 2.99. The first kappa shape index (κ1) is 17.9. The van der Waals surface area contributed by atoms with Crippen LogP contribution in [0.15, 0.2) is 16.6 Å². The number of nitrogens with zero attached hydrogens (tertiary/aromatic N) is 1. The van der Waals surface area contributed by atoms with Gasteiger partial charge < -0.3 is 14.8 Å². The molecule has 0 radical (unpaired) electrons. The fourth-order valence-corrected chi connectivity index (χ4v) is 3.17. The van der Waals surface area contributed by atoms with Crippen molar-refractivity contribution in [2.24, 2.45) is 0 Å². The summed E-state index contributed by atoms with van der Waals surface area (Å²) in [6.07, 6.45) is 0. The van der Waals surface area contributed by atoms with Gasteiger partial charge in [0.15, 0.2) is 11.5 Å². The zero-order valence-electron chi connectivity index (χ0n) is 11.2. The Morgan fingerprint density at radius 1 is 1.15 bits per heavy atom. The van der Waals surface area contributed by atoms with Gasteiger partial charge in [-0.2, -0.15) is 0 Å². The molecule has 0 aliphatic carbocycles. The van der Waals surface area contributed by atoms with Crippen molar-refractivity contribution in [1.29, 1.82) is 0 Å². The van der Waals surface area contributed by atoms with E-state index < -0.39 is 0 Å². The molecule has 0 amide bonds. The van der Waals surface area contributed by atoms with Crippen molar-refractivity contribution in [1.82, 2.24) is 10.2 Å². The standard InChI is InChI=1S/C13H17BrN2O2.2ClH/c1-9(16-4-2-15-3-5-16)10-6-12-13(7-11(10)14)18-8-17-12;;/h6-7,9,15H,2-5,8H2,1H3;2*1H/t9-;;/m1../s1. The van der Waals surface area contributed by atoms with Crippen LogP contribution in [0.5, 0.6) is 11.5 Å². The Labute approximate surface area is 140 Å². The zero-order valence-corrected chi connectivity index (χ0v) is 14.4. The van der Waals surface area contributed by atoms with E-state index in [0.717, 1.165) is 42.2 Å². The third-order valence-corrected chi connectivity index (χ3v) is 4.33. The number of ether oxygens (including phenoxy) is 2. The molecule has 1 N–H and O–H groups in total. The second-order valence-electron chi connectivity index (χ2n) is 4.69. The van der Waals surface area contributed by atoms with Crippen LogP contribution in [0.25, 0.3) is 0 Å². The van der Waals surface area contributed by atoms with E-state index in [1.54, 1.807) is 0 Å². The van der Waals surface area contributed by atoms with Crippen molar-refractivity contribution in [3.05, 3.63) is 22.2 Å². The number of nitrogens with one attached hydrogen (secondary N) is 1. The van der Waals surface area contributed by atoms with E-state index in [0.29, 0.717) is 12.8 Å². The highest BCUT2D eigenvalue weighted by Crippen LogP contribution is 2.40. The van der Waals surface area contributed by atoms with E-state index in [1.165, 1.54) is 5.56 Å². The van der Waals surface area contributed by atoms with Gasteiger partial charge in [0, 0.05) is 36.7 Å². The quantitative estimate of drug-likeness (QED) is 0.848. The molecule has 1 fully saturated rings. The summed E-state index contributed by atoms with van der Waals surface area (Å²) in [5.41, 5.74) is 1.26. The van der Waals surface area contributed by atoms with Crippen molar-refractivity contribution in [3.8, 4) is 11.5 Å². The summed E-state index contributed by atoms with van der Waals surface area (Å²) < 4.78 is 11.9. The molecule has 3 rings (SSSR count). The molecular formula is C13H19BrCl2N2O2. The molecule has 1 aromatic carbocycles. The summed E-state index contributed by atoms with van der Waals surface area (Å²) in [7, 11) is 0. The van der Waals surface area contributed by atoms with Crippen LogP contribution in [-0.4, -0.2) is 37.9 Å². The summed E-state index contributed by atoms with van der Waals surface area (Å²) in [4.78, 5) is 2.48. The van der Waals surface area contributed by atoms with Gasteiger partial charge >= 0.3 is 0 Å². The normalized spacial score (nSPS) is 18.9. The van der Waals surface area contributed by atoms with E-state index in [4.69, 9.17) is 9.47 Å².